The third-order valence-corrected chi connectivity index (χ3v) is 6.54. The zero-order valence-corrected chi connectivity index (χ0v) is 18.2. The summed E-state index contributed by atoms with van der Waals surface area (Å²) in [5.74, 6) is 6.58. The Morgan fingerprint density at radius 2 is 1.48 bits per heavy atom. The maximum Gasteiger partial charge on any atom is 0.264 e. The minimum Gasteiger partial charge on any atom is -0.353 e. The van der Waals surface area contributed by atoms with Crippen LogP contribution in [0.25, 0.3) is 22.2 Å². The Bertz CT molecular complexity index is 1500. The van der Waals surface area contributed by atoms with Gasteiger partial charge in [-0.2, -0.15) is 0 Å². The number of aromatic nitrogens is 3. The standard InChI is InChI=1S/C24H20N6O2S/c25-30(18-11-13-19(14-12-18)33(31,32)29-24-26-15-6-16-27-24)23-20-9-4-5-10-21(20)28-22(23)17-7-2-1-3-8-17/h1-16,28H,25H2,(H,26,27,29). The minimum absolute atomic E-state index is 0.00771. The van der Waals surface area contributed by atoms with Crippen LogP contribution in [0.1, 0.15) is 0 Å². The Morgan fingerprint density at radius 1 is 0.818 bits per heavy atom. The Hall–Kier alpha value is -4.21. The molecule has 33 heavy (non-hydrogen) atoms. The van der Waals surface area contributed by atoms with Gasteiger partial charge in [0.25, 0.3) is 10.0 Å². The van der Waals surface area contributed by atoms with E-state index in [9.17, 15) is 8.42 Å². The van der Waals surface area contributed by atoms with Crippen LogP contribution < -0.4 is 15.6 Å². The number of hydrogen-bond acceptors (Lipinski definition) is 6. The molecule has 5 aromatic rings. The lowest BCUT2D eigenvalue weighted by Gasteiger charge is -2.20. The van der Waals surface area contributed by atoms with Crippen molar-refractivity contribution in [1.82, 2.24) is 15.0 Å². The Balaban J connectivity index is 1.51. The molecule has 0 aliphatic rings. The molecule has 8 nitrogen and oxygen atoms in total. The second-order valence-electron chi connectivity index (χ2n) is 7.30. The van der Waals surface area contributed by atoms with E-state index in [1.54, 1.807) is 23.2 Å². The summed E-state index contributed by atoms with van der Waals surface area (Å²) in [7, 11) is -3.84. The van der Waals surface area contributed by atoms with Gasteiger partial charge in [-0.15, -0.1) is 0 Å². The number of hydrazine groups is 1. The van der Waals surface area contributed by atoms with Gasteiger partial charge in [0.1, 0.15) is 0 Å². The first-order valence-electron chi connectivity index (χ1n) is 10.1. The van der Waals surface area contributed by atoms with E-state index in [0.717, 1.165) is 27.8 Å². The summed E-state index contributed by atoms with van der Waals surface area (Å²) in [6.45, 7) is 0. The van der Waals surface area contributed by atoms with Gasteiger partial charge in [-0.1, -0.05) is 48.5 Å². The lowest BCUT2D eigenvalue weighted by Crippen LogP contribution is -2.25. The fourth-order valence-corrected chi connectivity index (χ4v) is 4.59. The number of aromatic amines is 1. The number of benzene rings is 3. The van der Waals surface area contributed by atoms with Gasteiger partial charge in [-0.05, 0) is 36.4 Å². The van der Waals surface area contributed by atoms with E-state index < -0.39 is 10.0 Å². The molecule has 2 aromatic heterocycles. The third-order valence-electron chi connectivity index (χ3n) is 5.20. The zero-order chi connectivity index (χ0) is 22.8. The SMILES string of the molecule is NN(c1ccc(S(=O)(=O)Nc2ncccn2)cc1)c1c(-c2ccccc2)[nH]c2ccccc12. The first-order chi connectivity index (χ1) is 16.0. The van der Waals surface area contributed by atoms with Crippen molar-refractivity contribution in [2.75, 3.05) is 9.73 Å². The number of H-pyrrole nitrogens is 1. The average molecular weight is 457 g/mol. The van der Waals surface area contributed by atoms with Crippen LogP contribution in [0, 0.1) is 0 Å². The van der Waals surface area contributed by atoms with Crippen molar-refractivity contribution in [2.24, 2.45) is 5.84 Å². The summed E-state index contributed by atoms with van der Waals surface area (Å²) in [4.78, 5) is 11.3. The van der Waals surface area contributed by atoms with Gasteiger partial charge in [-0.25, -0.2) is 29.0 Å². The molecular weight excluding hydrogens is 436 g/mol. The number of nitrogens with one attached hydrogen (secondary N) is 2. The van der Waals surface area contributed by atoms with Gasteiger partial charge in [0.2, 0.25) is 5.95 Å². The number of nitrogens with two attached hydrogens (primary N) is 1. The van der Waals surface area contributed by atoms with Crippen LogP contribution in [-0.2, 0) is 10.0 Å². The number of rotatable bonds is 6. The third kappa shape index (κ3) is 4.02. The van der Waals surface area contributed by atoms with E-state index in [-0.39, 0.29) is 10.8 Å². The van der Waals surface area contributed by atoms with Crippen molar-refractivity contribution in [3.63, 3.8) is 0 Å². The van der Waals surface area contributed by atoms with Crippen LogP contribution in [0.15, 0.2) is 102 Å². The predicted molar refractivity (Wildman–Crippen MR) is 129 cm³/mol. The smallest absolute Gasteiger partial charge is 0.264 e. The van der Waals surface area contributed by atoms with Crippen LogP contribution >= 0.6 is 0 Å². The van der Waals surface area contributed by atoms with E-state index in [2.05, 4.69) is 19.7 Å². The van der Waals surface area contributed by atoms with Gasteiger partial charge in [0.15, 0.2) is 0 Å². The summed E-state index contributed by atoms with van der Waals surface area (Å²) in [5.41, 5.74) is 4.24. The quantitative estimate of drug-likeness (QED) is 0.257. The first kappa shape index (κ1) is 20.7. The molecule has 5 rings (SSSR count). The fourth-order valence-electron chi connectivity index (χ4n) is 3.64. The molecule has 3 aromatic carbocycles. The van der Waals surface area contributed by atoms with Crippen LogP contribution in [-0.4, -0.2) is 23.4 Å². The average Bonchev–Trinajstić information content (AvgIpc) is 3.24. The first-order valence-corrected chi connectivity index (χ1v) is 11.6. The van der Waals surface area contributed by atoms with E-state index in [1.165, 1.54) is 24.5 Å². The zero-order valence-electron chi connectivity index (χ0n) is 17.4. The minimum atomic E-state index is -3.84. The number of hydrogen-bond donors (Lipinski definition) is 3. The lowest BCUT2D eigenvalue weighted by molar-refractivity contribution is 0.601. The number of sulfonamides is 1. The summed E-state index contributed by atoms with van der Waals surface area (Å²) in [6.07, 6.45) is 2.93. The topological polar surface area (TPSA) is 117 Å². The van der Waals surface area contributed by atoms with Gasteiger partial charge >= 0.3 is 0 Å². The molecule has 0 bridgehead atoms. The second kappa shape index (κ2) is 8.38. The molecule has 0 atom stereocenters. The van der Waals surface area contributed by atoms with E-state index >= 15 is 0 Å². The van der Waals surface area contributed by atoms with Crippen LogP contribution in [0.3, 0.4) is 0 Å². The van der Waals surface area contributed by atoms with Crippen molar-refractivity contribution in [3.8, 4) is 11.3 Å². The Kier molecular flexibility index (Phi) is 5.25. The van der Waals surface area contributed by atoms with Crippen molar-refractivity contribution >= 4 is 38.2 Å². The summed E-state index contributed by atoms with van der Waals surface area (Å²) in [5, 5.41) is 2.52. The van der Waals surface area contributed by atoms with Crippen molar-refractivity contribution in [3.05, 3.63) is 97.3 Å². The van der Waals surface area contributed by atoms with E-state index in [1.807, 2.05) is 54.6 Å². The van der Waals surface area contributed by atoms with Crippen LogP contribution in [0.4, 0.5) is 17.3 Å². The maximum atomic E-state index is 12.7. The summed E-state index contributed by atoms with van der Waals surface area (Å²) < 4.78 is 27.7. The molecule has 0 amide bonds. The normalized spacial score (nSPS) is 11.4. The number of fused-ring (bicyclic) bond motifs is 1. The molecule has 0 saturated heterocycles. The van der Waals surface area contributed by atoms with Crippen molar-refractivity contribution in [2.45, 2.75) is 4.90 Å². The molecule has 0 spiro atoms. The molecule has 0 radical (unpaired) electrons. The van der Waals surface area contributed by atoms with E-state index in [0.29, 0.717) is 5.69 Å². The number of para-hydroxylation sites is 1. The van der Waals surface area contributed by atoms with Crippen LogP contribution in [0.2, 0.25) is 0 Å². The molecule has 4 N–H and O–H groups in total. The van der Waals surface area contributed by atoms with Gasteiger partial charge in [0, 0.05) is 28.9 Å². The highest BCUT2D eigenvalue weighted by Crippen LogP contribution is 2.39. The van der Waals surface area contributed by atoms with Crippen LogP contribution in [0.5, 0.6) is 0 Å². The second-order valence-corrected chi connectivity index (χ2v) is 8.98. The number of nitrogens with zero attached hydrogens (tertiary/aromatic N) is 3. The highest BCUT2D eigenvalue weighted by molar-refractivity contribution is 7.92. The van der Waals surface area contributed by atoms with Gasteiger partial charge < -0.3 is 4.98 Å². The Labute approximate surface area is 190 Å². The van der Waals surface area contributed by atoms with E-state index in [4.69, 9.17) is 5.84 Å². The largest absolute Gasteiger partial charge is 0.353 e. The summed E-state index contributed by atoms with van der Waals surface area (Å²) in [6, 6.07) is 25.7. The van der Waals surface area contributed by atoms with Gasteiger partial charge in [-0.3, -0.25) is 5.01 Å². The van der Waals surface area contributed by atoms with Crippen molar-refractivity contribution in [1.29, 1.82) is 0 Å². The number of anilines is 3. The summed E-state index contributed by atoms with van der Waals surface area (Å²) >= 11 is 0. The highest BCUT2D eigenvalue weighted by Gasteiger charge is 2.20. The predicted octanol–water partition coefficient (Wildman–Crippen LogP) is 4.44. The molecule has 0 aliphatic carbocycles. The molecule has 9 heteroatoms. The molecule has 2 heterocycles. The fraction of sp³-hybridized carbons (Fsp3) is 0. The molecule has 0 aliphatic heterocycles. The molecule has 0 saturated carbocycles. The van der Waals surface area contributed by atoms with Crippen molar-refractivity contribution < 1.29 is 8.42 Å². The lowest BCUT2D eigenvalue weighted by atomic mass is 10.1. The monoisotopic (exact) mass is 456 g/mol. The molecular formula is C24H20N6O2S. The molecule has 164 valence electrons. The molecule has 0 unspecified atom stereocenters. The molecule has 0 fully saturated rings. The van der Waals surface area contributed by atoms with Gasteiger partial charge in [0.05, 0.1) is 22.0 Å². The highest BCUT2D eigenvalue weighted by atomic mass is 32.2. The Morgan fingerprint density at radius 3 is 2.21 bits per heavy atom. The maximum absolute atomic E-state index is 12.7.